The van der Waals surface area contributed by atoms with Crippen LogP contribution in [-0.4, -0.2) is 31.4 Å². The Labute approximate surface area is 179 Å². The van der Waals surface area contributed by atoms with Gasteiger partial charge in [-0.2, -0.15) is 13.2 Å². The highest BCUT2D eigenvalue weighted by Gasteiger charge is 2.29. The highest BCUT2D eigenvalue weighted by molar-refractivity contribution is 8.00. The Morgan fingerprint density at radius 1 is 1.13 bits per heavy atom. The maximum Gasteiger partial charge on any atom is 0.446 e. The normalized spacial score (nSPS) is 12.6. The first-order valence-corrected chi connectivity index (χ1v) is 9.99. The summed E-state index contributed by atoms with van der Waals surface area (Å²) in [5, 5.41) is 2.80. The number of nitrogens with zero attached hydrogens (tertiary/aromatic N) is 3. The number of hydrogen-bond acceptors (Lipinski definition) is 6. The minimum atomic E-state index is -4.38. The summed E-state index contributed by atoms with van der Waals surface area (Å²) in [6.45, 7) is 3.72. The van der Waals surface area contributed by atoms with Crippen LogP contribution in [0.1, 0.15) is 35.9 Å². The Morgan fingerprint density at radius 2 is 1.77 bits per heavy atom. The summed E-state index contributed by atoms with van der Waals surface area (Å²) in [7, 11) is 0. The Balaban J connectivity index is 1.83. The quantitative estimate of drug-likeness (QED) is 0.553. The van der Waals surface area contributed by atoms with Gasteiger partial charge < -0.3 is 10.3 Å². The Hall–Kier alpha value is -3.21. The van der Waals surface area contributed by atoms with Gasteiger partial charge in [0.2, 0.25) is 0 Å². The number of nitrogens with one attached hydrogen (secondary N) is 2. The molecule has 0 saturated heterocycles. The third-order valence-electron chi connectivity index (χ3n) is 4.18. The molecule has 0 saturated carbocycles. The second-order valence-corrected chi connectivity index (χ2v) is 8.00. The number of thioether (sulfide) groups is 1. The molecule has 1 aromatic carbocycles. The zero-order chi connectivity index (χ0) is 22.6. The lowest BCUT2D eigenvalue weighted by Crippen LogP contribution is -2.33. The van der Waals surface area contributed by atoms with Crippen LogP contribution in [0.4, 0.5) is 13.2 Å². The van der Waals surface area contributed by atoms with Crippen LogP contribution in [0.2, 0.25) is 0 Å². The molecule has 0 bridgehead atoms. The zero-order valence-electron chi connectivity index (χ0n) is 16.5. The highest BCUT2D eigenvalue weighted by atomic mass is 32.2. The van der Waals surface area contributed by atoms with E-state index in [1.54, 1.807) is 6.07 Å². The van der Waals surface area contributed by atoms with Gasteiger partial charge in [-0.05, 0) is 41.4 Å². The van der Waals surface area contributed by atoms with Crippen molar-refractivity contribution in [2.24, 2.45) is 5.92 Å². The van der Waals surface area contributed by atoms with Gasteiger partial charge in [0.1, 0.15) is 5.69 Å². The molecule has 3 aromatic rings. The van der Waals surface area contributed by atoms with Gasteiger partial charge in [-0.3, -0.25) is 9.59 Å². The molecule has 1 unspecified atom stereocenters. The maximum absolute atomic E-state index is 12.8. The van der Waals surface area contributed by atoms with Crippen LogP contribution in [0.3, 0.4) is 0 Å². The van der Waals surface area contributed by atoms with Crippen LogP contribution in [0.5, 0.6) is 0 Å². The molecule has 0 aliphatic rings. The van der Waals surface area contributed by atoms with Gasteiger partial charge in [0.15, 0.2) is 11.6 Å². The number of amides is 1. The number of benzene rings is 1. The number of aromatic amines is 1. The molecule has 11 heteroatoms. The standard InChI is InChI=1S/C20H18F3N5O2S/c1-11(2)16(12-4-6-13(7-5-12)31-20(21,22)23)28-19(30)14-10-15(29)27-18(26-14)17-24-8-3-9-25-17/h3-11,16H,1-2H3,(H,28,30)(H,26,27,29). The summed E-state index contributed by atoms with van der Waals surface area (Å²) < 4.78 is 37.6. The molecule has 3 rings (SSSR count). The third-order valence-corrected chi connectivity index (χ3v) is 4.92. The maximum atomic E-state index is 12.8. The predicted molar refractivity (Wildman–Crippen MR) is 109 cm³/mol. The fraction of sp³-hybridized carbons (Fsp3) is 0.250. The van der Waals surface area contributed by atoms with E-state index in [2.05, 4.69) is 25.3 Å². The summed E-state index contributed by atoms with van der Waals surface area (Å²) in [5.74, 6) is -0.472. The molecule has 1 atom stereocenters. The molecule has 2 N–H and O–H groups in total. The van der Waals surface area contributed by atoms with E-state index in [0.29, 0.717) is 5.56 Å². The number of carbonyl (C=O) groups is 1. The Bertz CT molecular complexity index is 1100. The number of alkyl halides is 3. The second kappa shape index (κ2) is 9.29. The van der Waals surface area contributed by atoms with Gasteiger partial charge in [0.05, 0.1) is 6.04 Å². The number of H-pyrrole nitrogens is 1. The van der Waals surface area contributed by atoms with E-state index in [0.717, 1.165) is 6.07 Å². The SMILES string of the molecule is CC(C)C(NC(=O)c1cc(=O)[nH]c(-c2ncccn2)n1)c1ccc(SC(F)(F)F)cc1. The minimum Gasteiger partial charge on any atom is -0.344 e. The number of hydrogen-bond donors (Lipinski definition) is 2. The van der Waals surface area contributed by atoms with Gasteiger partial charge in [0.25, 0.3) is 11.5 Å². The van der Waals surface area contributed by atoms with Crippen LogP contribution < -0.4 is 10.9 Å². The molecule has 1 amide bonds. The van der Waals surface area contributed by atoms with Crippen molar-refractivity contribution in [2.45, 2.75) is 30.3 Å². The van der Waals surface area contributed by atoms with Gasteiger partial charge in [0, 0.05) is 23.4 Å². The van der Waals surface area contributed by atoms with E-state index in [-0.39, 0.29) is 39.9 Å². The van der Waals surface area contributed by atoms with Gasteiger partial charge >= 0.3 is 5.51 Å². The van der Waals surface area contributed by atoms with E-state index in [1.807, 2.05) is 13.8 Å². The smallest absolute Gasteiger partial charge is 0.344 e. The fourth-order valence-electron chi connectivity index (χ4n) is 2.83. The van der Waals surface area contributed by atoms with E-state index < -0.39 is 23.0 Å². The summed E-state index contributed by atoms with van der Waals surface area (Å²) in [6.07, 6.45) is 2.95. The van der Waals surface area contributed by atoms with Crippen LogP contribution >= 0.6 is 11.8 Å². The van der Waals surface area contributed by atoms with Crippen molar-refractivity contribution in [2.75, 3.05) is 0 Å². The molecule has 0 aliphatic heterocycles. The van der Waals surface area contributed by atoms with Crippen LogP contribution in [-0.2, 0) is 0 Å². The van der Waals surface area contributed by atoms with Crippen molar-refractivity contribution < 1.29 is 18.0 Å². The van der Waals surface area contributed by atoms with Crippen molar-refractivity contribution in [1.82, 2.24) is 25.3 Å². The Kier molecular flexibility index (Phi) is 6.74. The largest absolute Gasteiger partial charge is 0.446 e. The van der Waals surface area contributed by atoms with E-state index in [1.165, 1.54) is 36.7 Å². The molecule has 162 valence electrons. The first-order chi connectivity index (χ1) is 14.6. The van der Waals surface area contributed by atoms with E-state index >= 15 is 0 Å². The number of halogens is 3. The van der Waals surface area contributed by atoms with Gasteiger partial charge in [-0.1, -0.05) is 26.0 Å². The molecule has 0 spiro atoms. The average Bonchev–Trinajstić information content (AvgIpc) is 2.71. The molecule has 0 radical (unpaired) electrons. The first-order valence-electron chi connectivity index (χ1n) is 9.18. The third kappa shape index (κ3) is 6.14. The monoisotopic (exact) mass is 449 g/mol. The van der Waals surface area contributed by atoms with Crippen molar-refractivity contribution in [3.05, 3.63) is 70.4 Å². The van der Waals surface area contributed by atoms with Crippen LogP contribution in [0, 0.1) is 5.92 Å². The molecular formula is C20H18F3N5O2S. The second-order valence-electron chi connectivity index (χ2n) is 6.86. The Morgan fingerprint density at radius 3 is 2.35 bits per heavy atom. The van der Waals surface area contributed by atoms with Crippen LogP contribution in [0.15, 0.2) is 58.5 Å². The van der Waals surface area contributed by atoms with E-state index in [9.17, 15) is 22.8 Å². The van der Waals surface area contributed by atoms with Crippen molar-refractivity contribution in [3.8, 4) is 11.6 Å². The topological polar surface area (TPSA) is 101 Å². The molecular weight excluding hydrogens is 431 g/mol. The van der Waals surface area contributed by atoms with Gasteiger partial charge in [-0.15, -0.1) is 0 Å². The summed E-state index contributed by atoms with van der Waals surface area (Å²) in [6, 6.07) is 7.93. The molecule has 31 heavy (non-hydrogen) atoms. The number of carbonyl (C=O) groups excluding carboxylic acids is 1. The fourth-order valence-corrected chi connectivity index (χ4v) is 3.37. The molecule has 0 aliphatic carbocycles. The lowest BCUT2D eigenvalue weighted by Gasteiger charge is -2.23. The van der Waals surface area contributed by atoms with E-state index in [4.69, 9.17) is 0 Å². The lowest BCUT2D eigenvalue weighted by atomic mass is 9.96. The minimum absolute atomic E-state index is 0.0490. The molecule has 0 fully saturated rings. The average molecular weight is 449 g/mol. The van der Waals surface area contributed by atoms with Crippen LogP contribution in [0.25, 0.3) is 11.6 Å². The van der Waals surface area contributed by atoms with Crippen molar-refractivity contribution in [3.63, 3.8) is 0 Å². The number of rotatable bonds is 6. The lowest BCUT2D eigenvalue weighted by molar-refractivity contribution is -0.0328. The summed E-state index contributed by atoms with van der Waals surface area (Å²) in [5.41, 5.74) is -4.41. The zero-order valence-corrected chi connectivity index (χ0v) is 17.3. The predicted octanol–water partition coefficient (Wildman–Crippen LogP) is 3.97. The molecule has 2 aromatic heterocycles. The first kappa shape index (κ1) is 22.5. The van der Waals surface area contributed by atoms with Crippen molar-refractivity contribution in [1.29, 1.82) is 0 Å². The molecule has 2 heterocycles. The molecule has 7 nitrogen and oxygen atoms in total. The highest BCUT2D eigenvalue weighted by Crippen LogP contribution is 2.37. The van der Waals surface area contributed by atoms with Crippen molar-refractivity contribution >= 4 is 17.7 Å². The van der Waals surface area contributed by atoms with Gasteiger partial charge in [-0.25, -0.2) is 15.0 Å². The summed E-state index contributed by atoms with van der Waals surface area (Å²) >= 11 is -0.206. The number of aromatic nitrogens is 4. The summed E-state index contributed by atoms with van der Waals surface area (Å²) in [4.78, 5) is 39.5.